The van der Waals surface area contributed by atoms with E-state index in [0.717, 1.165) is 13.8 Å². The van der Waals surface area contributed by atoms with Crippen molar-refractivity contribution < 1.29 is 38.2 Å². The molecule has 8 heteroatoms. The largest absolute Gasteiger partial charge is 0.426 e. The second-order valence-corrected chi connectivity index (χ2v) is 7.10. The topological polar surface area (TPSA) is 113 Å². The SMILES string of the molecule is CC(=O)Oc1ccc(OC(C)=O)c2c1C(=O)c1cc3ccccc3c(OC(C)=O)c1C2=O. The van der Waals surface area contributed by atoms with Gasteiger partial charge in [-0.25, -0.2) is 0 Å². The molecule has 0 radical (unpaired) electrons. The number of hydrogen-bond donors (Lipinski definition) is 0. The van der Waals surface area contributed by atoms with Gasteiger partial charge in [-0.2, -0.15) is 0 Å². The molecule has 0 saturated carbocycles. The third-order valence-electron chi connectivity index (χ3n) is 4.81. The molecule has 4 rings (SSSR count). The van der Waals surface area contributed by atoms with E-state index in [1.807, 2.05) is 0 Å². The Bertz CT molecular complexity index is 1370. The van der Waals surface area contributed by atoms with E-state index in [2.05, 4.69) is 0 Å². The predicted octanol–water partition coefficient (Wildman–Crippen LogP) is 3.39. The molecule has 0 aliphatic heterocycles. The molecule has 0 atom stereocenters. The summed E-state index contributed by atoms with van der Waals surface area (Å²) in [6, 6.07) is 10.9. The van der Waals surface area contributed by atoms with E-state index in [0.29, 0.717) is 10.8 Å². The van der Waals surface area contributed by atoms with Crippen molar-refractivity contribution in [3.8, 4) is 17.2 Å². The van der Waals surface area contributed by atoms with E-state index in [4.69, 9.17) is 14.2 Å². The van der Waals surface area contributed by atoms with Crippen LogP contribution in [-0.4, -0.2) is 29.5 Å². The summed E-state index contributed by atoms with van der Waals surface area (Å²) in [4.78, 5) is 62.2. The van der Waals surface area contributed by atoms with Crippen molar-refractivity contribution in [1.29, 1.82) is 0 Å². The Balaban J connectivity index is 2.09. The summed E-state index contributed by atoms with van der Waals surface area (Å²) in [5.41, 5.74) is -0.615. The van der Waals surface area contributed by atoms with Gasteiger partial charge in [0.2, 0.25) is 5.78 Å². The van der Waals surface area contributed by atoms with Gasteiger partial charge in [0.1, 0.15) is 11.5 Å². The highest BCUT2D eigenvalue weighted by Crippen LogP contribution is 2.44. The van der Waals surface area contributed by atoms with E-state index >= 15 is 0 Å². The molecule has 0 fully saturated rings. The summed E-state index contributed by atoms with van der Waals surface area (Å²) >= 11 is 0. The molecule has 0 saturated heterocycles. The molecular weight excluding hydrogens is 416 g/mol. The van der Waals surface area contributed by atoms with Crippen LogP contribution in [-0.2, 0) is 14.4 Å². The number of carbonyl (C=O) groups excluding carboxylic acids is 5. The van der Waals surface area contributed by atoms with Crippen molar-refractivity contribution >= 4 is 40.2 Å². The summed E-state index contributed by atoms with van der Waals surface area (Å²) in [6.45, 7) is 3.48. The molecule has 0 bridgehead atoms. The smallest absolute Gasteiger partial charge is 0.308 e. The van der Waals surface area contributed by atoms with Crippen molar-refractivity contribution in [2.45, 2.75) is 20.8 Å². The lowest BCUT2D eigenvalue weighted by molar-refractivity contribution is -0.133. The highest BCUT2D eigenvalue weighted by Gasteiger charge is 2.39. The first-order valence-electron chi connectivity index (χ1n) is 9.56. The maximum atomic E-state index is 13.7. The molecular formula is C24H16O8. The molecule has 0 spiro atoms. The Morgan fingerprint density at radius 1 is 0.656 bits per heavy atom. The van der Waals surface area contributed by atoms with Crippen LogP contribution >= 0.6 is 0 Å². The fourth-order valence-corrected chi connectivity index (χ4v) is 3.72. The van der Waals surface area contributed by atoms with Crippen LogP contribution in [0.1, 0.15) is 52.6 Å². The second kappa shape index (κ2) is 7.73. The Kier molecular flexibility index (Phi) is 5.06. The number of hydrogen-bond acceptors (Lipinski definition) is 8. The van der Waals surface area contributed by atoms with Crippen LogP contribution in [0.3, 0.4) is 0 Å². The number of carbonyl (C=O) groups is 5. The highest BCUT2D eigenvalue weighted by molar-refractivity contribution is 6.33. The Hall–Kier alpha value is -4.33. The van der Waals surface area contributed by atoms with Crippen molar-refractivity contribution in [3.05, 3.63) is 64.7 Å². The fourth-order valence-electron chi connectivity index (χ4n) is 3.72. The Morgan fingerprint density at radius 3 is 1.75 bits per heavy atom. The average Bonchev–Trinajstić information content (AvgIpc) is 2.71. The van der Waals surface area contributed by atoms with E-state index in [1.54, 1.807) is 24.3 Å². The molecule has 0 aromatic heterocycles. The zero-order valence-electron chi connectivity index (χ0n) is 17.3. The van der Waals surface area contributed by atoms with E-state index in [-0.39, 0.29) is 39.5 Å². The molecule has 0 heterocycles. The van der Waals surface area contributed by atoms with Gasteiger partial charge in [0.15, 0.2) is 11.5 Å². The summed E-state index contributed by atoms with van der Waals surface area (Å²) in [5.74, 6) is -3.82. The molecule has 1 aliphatic rings. The van der Waals surface area contributed by atoms with Crippen LogP contribution in [0.25, 0.3) is 10.8 Å². The third-order valence-corrected chi connectivity index (χ3v) is 4.81. The summed E-state index contributed by atoms with van der Waals surface area (Å²) in [5, 5.41) is 1.02. The predicted molar refractivity (Wildman–Crippen MR) is 111 cm³/mol. The van der Waals surface area contributed by atoms with Crippen molar-refractivity contribution in [2.75, 3.05) is 0 Å². The van der Waals surface area contributed by atoms with Gasteiger partial charge >= 0.3 is 17.9 Å². The number of rotatable bonds is 3. The number of ether oxygens (including phenoxy) is 3. The third kappa shape index (κ3) is 3.41. The number of fused-ring (bicyclic) bond motifs is 3. The van der Waals surface area contributed by atoms with Crippen LogP contribution in [0.15, 0.2) is 42.5 Å². The lowest BCUT2D eigenvalue weighted by Gasteiger charge is -2.24. The van der Waals surface area contributed by atoms with Gasteiger partial charge in [-0.1, -0.05) is 24.3 Å². The van der Waals surface area contributed by atoms with Gasteiger partial charge in [0.25, 0.3) is 0 Å². The molecule has 3 aromatic rings. The van der Waals surface area contributed by atoms with E-state index < -0.39 is 29.5 Å². The lowest BCUT2D eigenvalue weighted by Crippen LogP contribution is -2.25. The lowest BCUT2D eigenvalue weighted by atomic mass is 9.81. The molecule has 0 N–H and O–H groups in total. The second-order valence-electron chi connectivity index (χ2n) is 7.10. The van der Waals surface area contributed by atoms with E-state index in [1.165, 1.54) is 25.1 Å². The summed E-state index contributed by atoms with van der Waals surface area (Å²) < 4.78 is 15.7. The minimum atomic E-state index is -0.711. The molecule has 0 unspecified atom stereocenters. The van der Waals surface area contributed by atoms with Gasteiger partial charge in [0, 0.05) is 31.7 Å². The first kappa shape index (κ1) is 20.9. The summed E-state index contributed by atoms with van der Waals surface area (Å²) in [7, 11) is 0. The van der Waals surface area contributed by atoms with Crippen LogP contribution in [0.5, 0.6) is 17.2 Å². The molecule has 160 valence electrons. The van der Waals surface area contributed by atoms with Gasteiger partial charge in [0.05, 0.1) is 16.7 Å². The zero-order chi connectivity index (χ0) is 23.2. The first-order chi connectivity index (χ1) is 15.2. The van der Waals surface area contributed by atoms with Gasteiger partial charge in [-0.05, 0) is 23.6 Å². The zero-order valence-corrected chi connectivity index (χ0v) is 17.3. The van der Waals surface area contributed by atoms with Gasteiger partial charge in [-0.3, -0.25) is 24.0 Å². The van der Waals surface area contributed by atoms with Crippen molar-refractivity contribution in [2.24, 2.45) is 0 Å². The molecule has 0 amide bonds. The van der Waals surface area contributed by atoms with Gasteiger partial charge in [-0.15, -0.1) is 0 Å². The van der Waals surface area contributed by atoms with Gasteiger partial charge < -0.3 is 14.2 Å². The van der Waals surface area contributed by atoms with Crippen LogP contribution in [0.4, 0.5) is 0 Å². The molecule has 3 aromatic carbocycles. The van der Waals surface area contributed by atoms with Crippen LogP contribution < -0.4 is 14.2 Å². The molecule has 8 nitrogen and oxygen atoms in total. The molecule has 1 aliphatic carbocycles. The standard InChI is InChI=1S/C24H16O8/c1-11(25)30-17-8-9-18(31-12(2)26)21-20(17)22(28)16-10-14-6-4-5-7-15(14)24(32-13(3)27)19(16)23(21)29/h4-10H,1-3H3. The monoisotopic (exact) mass is 432 g/mol. The average molecular weight is 432 g/mol. The molecule has 32 heavy (non-hydrogen) atoms. The van der Waals surface area contributed by atoms with E-state index in [9.17, 15) is 24.0 Å². The number of ketones is 2. The summed E-state index contributed by atoms with van der Waals surface area (Å²) in [6.07, 6.45) is 0. The first-order valence-corrected chi connectivity index (χ1v) is 9.56. The quantitative estimate of drug-likeness (QED) is 0.358. The minimum Gasteiger partial charge on any atom is -0.426 e. The normalized spacial score (nSPS) is 12.1. The van der Waals surface area contributed by atoms with Crippen LogP contribution in [0, 0.1) is 0 Å². The fraction of sp³-hybridized carbons (Fsp3) is 0.125. The van der Waals surface area contributed by atoms with Crippen LogP contribution in [0.2, 0.25) is 0 Å². The Morgan fingerprint density at radius 2 is 1.19 bits per heavy atom. The number of benzene rings is 3. The number of esters is 3. The van der Waals surface area contributed by atoms with Crippen molar-refractivity contribution in [1.82, 2.24) is 0 Å². The minimum absolute atomic E-state index is 0.0224. The maximum absolute atomic E-state index is 13.7. The maximum Gasteiger partial charge on any atom is 0.308 e. The van der Waals surface area contributed by atoms with Crippen molar-refractivity contribution in [3.63, 3.8) is 0 Å². The highest BCUT2D eigenvalue weighted by atomic mass is 16.5. The Labute approximate surface area is 181 Å².